The van der Waals surface area contributed by atoms with Crippen LogP contribution in [0.3, 0.4) is 0 Å². The number of ether oxygens (including phenoxy) is 2. The quantitative estimate of drug-likeness (QED) is 0.467. The fraction of sp³-hybridized carbons (Fsp3) is 0.0909. The maximum atomic E-state index is 12.2. The van der Waals surface area contributed by atoms with Crippen LogP contribution in [0.15, 0.2) is 77.9 Å². The van der Waals surface area contributed by atoms with Crippen molar-refractivity contribution >= 4 is 23.7 Å². The number of benzene rings is 3. The van der Waals surface area contributed by atoms with Gasteiger partial charge >= 0.3 is 0 Å². The minimum absolute atomic E-state index is 0.309. The molecule has 0 bridgehead atoms. The molecular weight excluding hydrogens is 376 g/mol. The molecule has 0 spiro atoms. The zero-order valence-electron chi connectivity index (χ0n) is 15.3. The number of para-hydroxylation sites is 1. The lowest BCUT2D eigenvalue weighted by Gasteiger charge is -2.09. The van der Waals surface area contributed by atoms with Crippen molar-refractivity contribution in [2.24, 2.45) is 5.10 Å². The molecule has 1 N–H and O–H groups in total. The van der Waals surface area contributed by atoms with Gasteiger partial charge in [-0.05, 0) is 54.1 Å². The molecule has 0 unspecified atom stereocenters. The highest BCUT2D eigenvalue weighted by molar-refractivity contribution is 6.30. The third kappa shape index (κ3) is 5.34. The topological polar surface area (TPSA) is 59.9 Å². The van der Waals surface area contributed by atoms with Gasteiger partial charge in [-0.25, -0.2) is 5.43 Å². The second kappa shape index (κ2) is 9.58. The summed E-state index contributed by atoms with van der Waals surface area (Å²) >= 11 is 6.00. The van der Waals surface area contributed by atoms with Crippen LogP contribution in [0.25, 0.3) is 0 Å². The van der Waals surface area contributed by atoms with Gasteiger partial charge in [-0.1, -0.05) is 35.9 Å². The summed E-state index contributed by atoms with van der Waals surface area (Å²) in [6.45, 7) is 0.379. The van der Waals surface area contributed by atoms with Gasteiger partial charge in [-0.3, -0.25) is 4.79 Å². The van der Waals surface area contributed by atoms with Crippen LogP contribution >= 0.6 is 11.6 Å². The third-order valence-corrected chi connectivity index (χ3v) is 4.16. The molecule has 0 heterocycles. The van der Waals surface area contributed by atoms with E-state index < -0.39 is 0 Å². The molecular formula is C22H19ClN2O3. The highest BCUT2D eigenvalue weighted by atomic mass is 35.5. The Balaban J connectivity index is 1.62. The predicted octanol–water partition coefficient (Wildman–Crippen LogP) is 4.69. The van der Waals surface area contributed by atoms with Crippen molar-refractivity contribution < 1.29 is 14.3 Å². The lowest BCUT2D eigenvalue weighted by molar-refractivity contribution is 0.0955. The van der Waals surface area contributed by atoms with E-state index in [4.69, 9.17) is 21.1 Å². The van der Waals surface area contributed by atoms with Gasteiger partial charge < -0.3 is 9.47 Å². The largest absolute Gasteiger partial charge is 0.497 e. The minimum Gasteiger partial charge on any atom is -0.497 e. The number of rotatable bonds is 7. The minimum atomic E-state index is -0.309. The van der Waals surface area contributed by atoms with E-state index in [1.807, 2.05) is 48.5 Å². The zero-order valence-corrected chi connectivity index (χ0v) is 16.0. The van der Waals surface area contributed by atoms with Gasteiger partial charge in [-0.15, -0.1) is 0 Å². The Labute approximate surface area is 168 Å². The number of carbonyl (C=O) groups is 1. The molecule has 1 amide bonds. The Hall–Kier alpha value is -3.31. The predicted molar refractivity (Wildman–Crippen MR) is 110 cm³/mol. The SMILES string of the molecule is COc1ccc(C(=O)N/N=C\c2ccccc2OCc2cccc(Cl)c2)cc1. The number of hydrogen-bond donors (Lipinski definition) is 1. The molecule has 0 aliphatic carbocycles. The maximum absolute atomic E-state index is 12.2. The normalized spacial score (nSPS) is 10.6. The number of nitrogens with zero attached hydrogens (tertiary/aromatic N) is 1. The third-order valence-electron chi connectivity index (χ3n) is 3.92. The van der Waals surface area contributed by atoms with E-state index in [9.17, 15) is 4.79 Å². The first-order valence-corrected chi connectivity index (χ1v) is 8.97. The van der Waals surface area contributed by atoms with Gasteiger partial charge in [-0.2, -0.15) is 5.10 Å². The van der Waals surface area contributed by atoms with Crippen molar-refractivity contribution in [2.45, 2.75) is 6.61 Å². The van der Waals surface area contributed by atoms with Gasteiger partial charge in [0, 0.05) is 16.1 Å². The van der Waals surface area contributed by atoms with Gasteiger partial charge in [0.25, 0.3) is 5.91 Å². The molecule has 3 rings (SSSR count). The monoisotopic (exact) mass is 394 g/mol. The standard InChI is InChI=1S/C22H19ClN2O3/c1-27-20-11-9-17(10-12-20)22(26)25-24-14-18-6-2-3-8-21(18)28-15-16-5-4-7-19(23)13-16/h2-14H,15H2,1H3,(H,25,26)/b24-14-. The summed E-state index contributed by atoms with van der Waals surface area (Å²) in [6.07, 6.45) is 1.55. The molecule has 0 atom stereocenters. The van der Waals surface area contributed by atoms with E-state index >= 15 is 0 Å². The van der Waals surface area contributed by atoms with Gasteiger partial charge in [0.1, 0.15) is 18.1 Å². The fourth-order valence-electron chi connectivity index (χ4n) is 2.47. The smallest absolute Gasteiger partial charge is 0.271 e. The molecule has 142 valence electrons. The summed E-state index contributed by atoms with van der Waals surface area (Å²) in [7, 11) is 1.57. The summed E-state index contributed by atoms with van der Waals surface area (Å²) < 4.78 is 10.9. The molecule has 0 saturated carbocycles. The first kappa shape index (κ1) is 19.5. The molecule has 0 radical (unpaired) electrons. The van der Waals surface area contributed by atoms with Crippen LogP contribution in [0.5, 0.6) is 11.5 Å². The van der Waals surface area contributed by atoms with E-state index in [0.29, 0.717) is 28.7 Å². The Bertz CT molecular complexity index is 972. The molecule has 0 saturated heterocycles. The number of amides is 1. The van der Waals surface area contributed by atoms with Crippen LogP contribution in [-0.2, 0) is 6.61 Å². The number of halogens is 1. The summed E-state index contributed by atoms with van der Waals surface area (Å²) in [4.78, 5) is 12.2. The maximum Gasteiger partial charge on any atom is 0.271 e. The lowest BCUT2D eigenvalue weighted by atomic mass is 10.2. The molecule has 0 aliphatic rings. The van der Waals surface area contributed by atoms with Crippen molar-refractivity contribution in [1.82, 2.24) is 5.43 Å². The van der Waals surface area contributed by atoms with Crippen molar-refractivity contribution in [2.75, 3.05) is 7.11 Å². The van der Waals surface area contributed by atoms with Crippen molar-refractivity contribution in [3.05, 3.63) is 94.5 Å². The van der Waals surface area contributed by atoms with Crippen LogP contribution in [0.1, 0.15) is 21.5 Å². The Morgan fingerprint density at radius 2 is 1.86 bits per heavy atom. The summed E-state index contributed by atoms with van der Waals surface area (Å²) in [5.74, 6) is 1.03. The molecule has 5 nitrogen and oxygen atoms in total. The van der Waals surface area contributed by atoms with Crippen LogP contribution in [0.2, 0.25) is 5.02 Å². The second-order valence-electron chi connectivity index (χ2n) is 5.88. The zero-order chi connectivity index (χ0) is 19.8. The van der Waals surface area contributed by atoms with E-state index in [0.717, 1.165) is 11.1 Å². The van der Waals surface area contributed by atoms with Crippen molar-refractivity contribution in [1.29, 1.82) is 0 Å². The van der Waals surface area contributed by atoms with Crippen LogP contribution in [-0.4, -0.2) is 19.2 Å². The number of carbonyl (C=O) groups excluding carboxylic acids is 1. The van der Waals surface area contributed by atoms with Crippen LogP contribution in [0, 0.1) is 0 Å². The van der Waals surface area contributed by atoms with E-state index in [2.05, 4.69) is 10.5 Å². The van der Waals surface area contributed by atoms with Gasteiger partial charge in [0.15, 0.2) is 0 Å². The van der Waals surface area contributed by atoms with Crippen molar-refractivity contribution in [3.8, 4) is 11.5 Å². The summed E-state index contributed by atoms with van der Waals surface area (Å²) in [5.41, 5.74) is 4.71. The average molecular weight is 395 g/mol. The molecule has 0 aliphatic heterocycles. The Morgan fingerprint density at radius 1 is 1.07 bits per heavy atom. The lowest BCUT2D eigenvalue weighted by Crippen LogP contribution is -2.17. The highest BCUT2D eigenvalue weighted by Crippen LogP contribution is 2.19. The van der Waals surface area contributed by atoms with Crippen LogP contribution in [0.4, 0.5) is 0 Å². The first-order valence-electron chi connectivity index (χ1n) is 8.59. The first-order chi connectivity index (χ1) is 13.7. The molecule has 28 heavy (non-hydrogen) atoms. The Kier molecular flexibility index (Phi) is 6.65. The Morgan fingerprint density at radius 3 is 2.61 bits per heavy atom. The van der Waals surface area contributed by atoms with Crippen LogP contribution < -0.4 is 14.9 Å². The van der Waals surface area contributed by atoms with E-state index in [1.165, 1.54) is 0 Å². The molecule has 3 aromatic rings. The van der Waals surface area contributed by atoms with Gasteiger partial charge in [0.05, 0.1) is 13.3 Å². The molecule has 0 fully saturated rings. The molecule has 3 aromatic carbocycles. The van der Waals surface area contributed by atoms with Gasteiger partial charge in [0.2, 0.25) is 0 Å². The second-order valence-corrected chi connectivity index (χ2v) is 6.32. The highest BCUT2D eigenvalue weighted by Gasteiger charge is 2.05. The molecule has 6 heteroatoms. The van der Waals surface area contributed by atoms with E-state index in [1.54, 1.807) is 37.6 Å². The number of nitrogens with one attached hydrogen (secondary N) is 1. The van der Waals surface area contributed by atoms with E-state index in [-0.39, 0.29) is 5.91 Å². The summed E-state index contributed by atoms with van der Waals surface area (Å²) in [6, 6.07) is 21.7. The number of hydrogen-bond acceptors (Lipinski definition) is 4. The summed E-state index contributed by atoms with van der Waals surface area (Å²) in [5, 5.41) is 4.70. The number of methoxy groups -OCH3 is 1. The molecule has 0 aromatic heterocycles. The van der Waals surface area contributed by atoms with Crippen molar-refractivity contribution in [3.63, 3.8) is 0 Å². The fourth-order valence-corrected chi connectivity index (χ4v) is 2.69. The average Bonchev–Trinajstić information content (AvgIpc) is 2.73. The number of hydrazone groups is 1.